The van der Waals surface area contributed by atoms with E-state index in [4.69, 9.17) is 11.6 Å². The van der Waals surface area contributed by atoms with Crippen LogP contribution in [-0.4, -0.2) is 23.6 Å². The van der Waals surface area contributed by atoms with Crippen molar-refractivity contribution in [2.45, 2.75) is 6.17 Å². The molecule has 0 saturated heterocycles. The molecule has 1 aliphatic heterocycles. The number of nitrogens with zero attached hydrogens (tertiary/aromatic N) is 2. The lowest BCUT2D eigenvalue weighted by Crippen LogP contribution is -2.19. The van der Waals surface area contributed by atoms with E-state index in [2.05, 4.69) is 9.98 Å². The maximum Gasteiger partial charge on any atom is 0.288 e. The second kappa shape index (κ2) is 2.23. The minimum absolute atomic E-state index is 0.214. The van der Waals surface area contributed by atoms with E-state index in [9.17, 15) is 9.18 Å². The first-order valence-electron chi connectivity index (χ1n) is 2.16. The summed E-state index contributed by atoms with van der Waals surface area (Å²) in [5.41, 5.74) is 0. The molecule has 5 heteroatoms. The number of carbonyl (C=O) groups is 1. The molecule has 1 heterocycles. The number of hydrogen-bond acceptors (Lipinski definition) is 2. The molecule has 48 valence electrons. The number of rotatable bonds is 0. The molecule has 1 rings (SSSR count). The molecule has 1 atom stereocenters. The van der Waals surface area contributed by atoms with Crippen LogP contribution in [-0.2, 0) is 4.79 Å². The highest BCUT2D eigenvalue weighted by Gasteiger charge is 2.17. The Morgan fingerprint density at radius 2 is 2.44 bits per heavy atom. The van der Waals surface area contributed by atoms with E-state index in [1.807, 2.05) is 0 Å². The lowest BCUT2D eigenvalue weighted by molar-refractivity contribution is -0.120. The standard InChI is InChI=1S/C4H2ClFN2O/c5-4-7-1-2(6)3(9)8-4/h1-2H/t2-/m0/s1. The fourth-order valence-corrected chi connectivity index (χ4v) is 0.512. The third-order valence-electron chi connectivity index (χ3n) is 0.750. The summed E-state index contributed by atoms with van der Waals surface area (Å²) in [4.78, 5) is 16.6. The quantitative estimate of drug-likeness (QED) is 0.462. The zero-order chi connectivity index (χ0) is 6.85. The smallest absolute Gasteiger partial charge is 0.269 e. The van der Waals surface area contributed by atoms with E-state index in [0.29, 0.717) is 0 Å². The van der Waals surface area contributed by atoms with Gasteiger partial charge in [-0.2, -0.15) is 4.99 Å². The summed E-state index contributed by atoms with van der Waals surface area (Å²) < 4.78 is 12.1. The molecule has 0 aromatic carbocycles. The van der Waals surface area contributed by atoms with Crippen LogP contribution in [0.25, 0.3) is 0 Å². The summed E-state index contributed by atoms with van der Waals surface area (Å²) in [6, 6.07) is 0. The van der Waals surface area contributed by atoms with E-state index in [0.717, 1.165) is 6.21 Å². The second-order valence-corrected chi connectivity index (χ2v) is 1.74. The summed E-state index contributed by atoms with van der Waals surface area (Å²) in [6.07, 6.45) is -0.898. The van der Waals surface area contributed by atoms with E-state index in [1.54, 1.807) is 0 Å². The van der Waals surface area contributed by atoms with Crippen LogP contribution in [0.4, 0.5) is 4.39 Å². The predicted molar refractivity (Wildman–Crippen MR) is 31.7 cm³/mol. The minimum Gasteiger partial charge on any atom is -0.269 e. The van der Waals surface area contributed by atoms with Crippen LogP contribution < -0.4 is 0 Å². The van der Waals surface area contributed by atoms with Crippen molar-refractivity contribution in [2.75, 3.05) is 0 Å². The van der Waals surface area contributed by atoms with Gasteiger partial charge in [0.15, 0.2) is 0 Å². The first-order chi connectivity index (χ1) is 4.20. The van der Waals surface area contributed by atoms with Gasteiger partial charge in [0.25, 0.3) is 5.91 Å². The number of aliphatic imine (C=N–C) groups is 2. The molecule has 0 saturated carbocycles. The number of amidine groups is 1. The maximum atomic E-state index is 12.1. The molecule has 1 amide bonds. The third-order valence-corrected chi connectivity index (χ3v) is 0.932. The van der Waals surface area contributed by atoms with Gasteiger partial charge in [-0.1, -0.05) is 0 Å². The van der Waals surface area contributed by atoms with Gasteiger partial charge in [-0.25, -0.2) is 9.38 Å². The molecule has 3 nitrogen and oxygen atoms in total. The molecule has 1 aliphatic rings. The number of alkyl halides is 1. The molecule has 0 N–H and O–H groups in total. The van der Waals surface area contributed by atoms with Crippen LogP contribution in [0.15, 0.2) is 9.98 Å². The fourth-order valence-electron chi connectivity index (χ4n) is 0.372. The third kappa shape index (κ3) is 1.32. The molecule has 0 aliphatic carbocycles. The number of hydrogen-bond donors (Lipinski definition) is 0. The Kier molecular flexibility index (Phi) is 1.57. The van der Waals surface area contributed by atoms with E-state index in [-0.39, 0.29) is 5.29 Å². The van der Waals surface area contributed by atoms with Crippen molar-refractivity contribution in [2.24, 2.45) is 9.98 Å². The van der Waals surface area contributed by atoms with E-state index >= 15 is 0 Å². The zero-order valence-corrected chi connectivity index (χ0v) is 4.97. The average Bonchev–Trinajstić information content (AvgIpc) is 1.80. The van der Waals surface area contributed by atoms with Crippen molar-refractivity contribution in [3.63, 3.8) is 0 Å². The van der Waals surface area contributed by atoms with Crippen LogP contribution in [0, 0.1) is 0 Å². The predicted octanol–water partition coefficient (Wildman–Crippen LogP) is 0.530. The van der Waals surface area contributed by atoms with Gasteiger partial charge in [-0.3, -0.25) is 4.79 Å². The lowest BCUT2D eigenvalue weighted by Gasteiger charge is -1.99. The van der Waals surface area contributed by atoms with Crippen molar-refractivity contribution in [3.05, 3.63) is 0 Å². The fraction of sp³-hybridized carbons (Fsp3) is 0.250. The van der Waals surface area contributed by atoms with Crippen LogP contribution in [0.2, 0.25) is 0 Å². The Bertz CT molecular complexity index is 201. The normalized spacial score (nSPS) is 26.2. The molecule has 0 spiro atoms. The summed E-state index contributed by atoms with van der Waals surface area (Å²) in [7, 11) is 0. The first-order valence-corrected chi connectivity index (χ1v) is 2.54. The van der Waals surface area contributed by atoms with Gasteiger partial charge >= 0.3 is 0 Å². The SMILES string of the molecule is O=C1N=C(Cl)N=C[C@@H]1F. The molecule has 0 aromatic heterocycles. The molecule has 9 heavy (non-hydrogen) atoms. The van der Waals surface area contributed by atoms with Gasteiger partial charge in [0.05, 0.1) is 6.21 Å². The van der Waals surface area contributed by atoms with Crippen LogP contribution in [0.1, 0.15) is 0 Å². The highest BCUT2D eigenvalue weighted by atomic mass is 35.5. The Morgan fingerprint density at radius 3 is 2.89 bits per heavy atom. The topological polar surface area (TPSA) is 41.8 Å². The van der Waals surface area contributed by atoms with Crippen molar-refractivity contribution >= 4 is 29.0 Å². The van der Waals surface area contributed by atoms with Crippen molar-refractivity contribution < 1.29 is 9.18 Å². The van der Waals surface area contributed by atoms with Crippen LogP contribution in [0.3, 0.4) is 0 Å². The van der Waals surface area contributed by atoms with E-state index in [1.165, 1.54) is 0 Å². The van der Waals surface area contributed by atoms with Gasteiger partial charge in [0.1, 0.15) is 0 Å². The monoisotopic (exact) mass is 148 g/mol. The first kappa shape index (κ1) is 6.35. The average molecular weight is 149 g/mol. The highest BCUT2D eigenvalue weighted by Crippen LogP contribution is 2.01. The molecular formula is C4H2ClFN2O. The van der Waals surface area contributed by atoms with Gasteiger partial charge < -0.3 is 0 Å². The Balaban J connectivity index is 2.82. The number of halogens is 2. The molecule has 0 bridgehead atoms. The second-order valence-electron chi connectivity index (χ2n) is 1.40. The minimum atomic E-state index is -1.72. The largest absolute Gasteiger partial charge is 0.288 e. The molecule has 0 aromatic rings. The van der Waals surface area contributed by atoms with Gasteiger partial charge in [0, 0.05) is 0 Å². The summed E-state index contributed by atoms with van der Waals surface area (Å²) in [6.45, 7) is 0. The van der Waals surface area contributed by atoms with Crippen molar-refractivity contribution in [1.29, 1.82) is 0 Å². The van der Waals surface area contributed by atoms with Crippen molar-refractivity contribution in [3.8, 4) is 0 Å². The van der Waals surface area contributed by atoms with Gasteiger partial charge in [0.2, 0.25) is 11.5 Å². The van der Waals surface area contributed by atoms with Gasteiger partial charge in [-0.05, 0) is 11.6 Å². The molecule has 0 radical (unpaired) electrons. The van der Waals surface area contributed by atoms with Crippen LogP contribution in [0.5, 0.6) is 0 Å². The van der Waals surface area contributed by atoms with Crippen molar-refractivity contribution in [1.82, 2.24) is 0 Å². The molecule has 0 fully saturated rings. The van der Waals surface area contributed by atoms with Crippen LogP contribution >= 0.6 is 11.6 Å². The summed E-state index contributed by atoms with van der Waals surface area (Å²) in [5, 5.41) is -0.214. The summed E-state index contributed by atoms with van der Waals surface area (Å²) >= 11 is 5.14. The summed E-state index contributed by atoms with van der Waals surface area (Å²) in [5.74, 6) is -0.894. The molecule has 0 unspecified atom stereocenters. The molecular weight excluding hydrogens is 147 g/mol. The Labute approximate surface area is 55.2 Å². The number of amides is 1. The Hall–Kier alpha value is -0.770. The van der Waals surface area contributed by atoms with Gasteiger partial charge in [-0.15, -0.1) is 0 Å². The lowest BCUT2D eigenvalue weighted by atomic mass is 10.4. The maximum absolute atomic E-state index is 12.1. The highest BCUT2D eigenvalue weighted by molar-refractivity contribution is 6.66. The van der Waals surface area contributed by atoms with E-state index < -0.39 is 12.1 Å². The number of carbonyl (C=O) groups excluding carboxylic acids is 1. The Morgan fingerprint density at radius 1 is 1.78 bits per heavy atom. The zero-order valence-electron chi connectivity index (χ0n) is 4.21.